The van der Waals surface area contributed by atoms with Crippen molar-refractivity contribution >= 4 is 28.7 Å². The molecule has 0 unspecified atom stereocenters. The largest absolute Gasteiger partial charge is 0.482 e. The highest BCUT2D eigenvalue weighted by Gasteiger charge is 2.01. The molecule has 0 spiro atoms. The molecular weight excluding hydrogens is 290 g/mol. The number of anilines is 1. The van der Waals surface area contributed by atoms with Crippen LogP contribution in [-0.2, 0) is 9.53 Å². The molecule has 110 valence electrons. The van der Waals surface area contributed by atoms with Crippen molar-refractivity contribution in [1.82, 2.24) is 4.98 Å². The van der Waals surface area contributed by atoms with Crippen LogP contribution in [0, 0.1) is 6.92 Å². The summed E-state index contributed by atoms with van der Waals surface area (Å²) in [5, 5.41) is 6.80. The molecule has 0 aliphatic heterocycles. The summed E-state index contributed by atoms with van der Waals surface area (Å²) in [4.78, 5) is 15.2. The highest BCUT2D eigenvalue weighted by molar-refractivity contribution is 7.13. The van der Waals surface area contributed by atoms with Crippen LogP contribution in [0.5, 0.6) is 5.75 Å². The number of methoxy groups -OCH3 is 1. The first-order valence-corrected chi connectivity index (χ1v) is 7.06. The second-order valence-electron chi connectivity index (χ2n) is 4.10. The van der Waals surface area contributed by atoms with Crippen molar-refractivity contribution in [3.63, 3.8) is 0 Å². The molecule has 0 aliphatic carbocycles. The molecule has 0 fully saturated rings. The molecule has 2 rings (SSSR count). The lowest BCUT2D eigenvalue weighted by Gasteiger charge is -2.04. The zero-order chi connectivity index (χ0) is 15.1. The predicted octanol–water partition coefficient (Wildman–Crippen LogP) is 2.45. The van der Waals surface area contributed by atoms with Crippen molar-refractivity contribution in [3.8, 4) is 5.75 Å². The minimum atomic E-state index is -0.413. The fraction of sp³-hybridized carbons (Fsp3) is 0.214. The van der Waals surface area contributed by atoms with E-state index in [1.165, 1.54) is 18.4 Å². The van der Waals surface area contributed by atoms with Crippen LogP contribution in [0.1, 0.15) is 11.3 Å². The summed E-state index contributed by atoms with van der Waals surface area (Å²) in [6, 6.07) is 7.20. The monoisotopic (exact) mass is 305 g/mol. The minimum Gasteiger partial charge on any atom is -0.482 e. The highest BCUT2D eigenvalue weighted by Crippen LogP contribution is 2.14. The molecule has 0 atom stereocenters. The third-order valence-electron chi connectivity index (χ3n) is 2.46. The maximum absolute atomic E-state index is 10.9. The molecule has 0 bridgehead atoms. The van der Waals surface area contributed by atoms with Crippen LogP contribution < -0.4 is 10.2 Å². The third kappa shape index (κ3) is 4.88. The third-order valence-corrected chi connectivity index (χ3v) is 3.32. The maximum atomic E-state index is 10.9. The lowest BCUT2D eigenvalue weighted by molar-refractivity contribution is -0.142. The Morgan fingerprint density at radius 1 is 1.43 bits per heavy atom. The van der Waals surface area contributed by atoms with Crippen LogP contribution in [0.3, 0.4) is 0 Å². The topological polar surface area (TPSA) is 72.8 Å². The lowest BCUT2D eigenvalue weighted by Crippen LogP contribution is -2.12. The summed E-state index contributed by atoms with van der Waals surface area (Å²) in [6.45, 7) is 1.83. The normalized spacial score (nSPS) is 10.6. The first-order valence-electron chi connectivity index (χ1n) is 6.18. The van der Waals surface area contributed by atoms with Gasteiger partial charge in [-0.2, -0.15) is 5.10 Å². The van der Waals surface area contributed by atoms with Crippen molar-refractivity contribution in [2.24, 2.45) is 5.10 Å². The van der Waals surface area contributed by atoms with Gasteiger partial charge >= 0.3 is 5.97 Å². The van der Waals surface area contributed by atoms with Crippen LogP contribution in [0.2, 0.25) is 0 Å². The molecule has 1 heterocycles. The van der Waals surface area contributed by atoms with E-state index in [-0.39, 0.29) is 6.61 Å². The van der Waals surface area contributed by atoms with Crippen LogP contribution in [0.15, 0.2) is 34.7 Å². The second kappa shape index (κ2) is 7.39. The zero-order valence-electron chi connectivity index (χ0n) is 11.7. The van der Waals surface area contributed by atoms with Gasteiger partial charge in [0.1, 0.15) is 5.75 Å². The number of nitrogens with one attached hydrogen (secondary N) is 1. The van der Waals surface area contributed by atoms with Gasteiger partial charge in [-0.05, 0) is 36.8 Å². The number of hydrogen-bond donors (Lipinski definition) is 1. The summed E-state index contributed by atoms with van der Waals surface area (Å²) < 4.78 is 9.74. The Hall–Kier alpha value is -2.41. The number of carbonyl (C=O) groups is 1. The Kier molecular flexibility index (Phi) is 5.28. The minimum absolute atomic E-state index is 0.102. The number of esters is 1. The molecule has 0 amide bonds. The molecule has 21 heavy (non-hydrogen) atoms. The van der Waals surface area contributed by atoms with Gasteiger partial charge in [0.15, 0.2) is 6.61 Å². The van der Waals surface area contributed by atoms with Crippen LogP contribution in [-0.4, -0.2) is 30.9 Å². The predicted molar refractivity (Wildman–Crippen MR) is 82.0 cm³/mol. The van der Waals surface area contributed by atoms with E-state index in [2.05, 4.69) is 20.2 Å². The van der Waals surface area contributed by atoms with Crippen molar-refractivity contribution in [2.45, 2.75) is 6.92 Å². The number of aryl methyl sites for hydroxylation is 1. The number of rotatable bonds is 6. The SMILES string of the molecule is COC(=O)COc1ccc(C=NNc2nc(C)cs2)cc1. The first kappa shape index (κ1) is 15.0. The average Bonchev–Trinajstić information content (AvgIpc) is 2.91. The second-order valence-corrected chi connectivity index (χ2v) is 4.96. The van der Waals surface area contributed by atoms with Crippen LogP contribution in [0.4, 0.5) is 5.13 Å². The number of carbonyl (C=O) groups excluding carboxylic acids is 1. The molecule has 0 aliphatic rings. The Morgan fingerprint density at radius 3 is 2.81 bits per heavy atom. The zero-order valence-corrected chi connectivity index (χ0v) is 12.5. The molecule has 7 heteroatoms. The Labute approximate surface area is 126 Å². The number of ether oxygens (including phenoxy) is 2. The van der Waals surface area contributed by atoms with Gasteiger partial charge in [0, 0.05) is 5.38 Å². The average molecular weight is 305 g/mol. The molecule has 1 aromatic heterocycles. The van der Waals surface area contributed by atoms with Crippen molar-refractivity contribution in [3.05, 3.63) is 40.9 Å². The van der Waals surface area contributed by atoms with Gasteiger partial charge in [0.25, 0.3) is 0 Å². The fourth-order valence-electron chi connectivity index (χ4n) is 1.42. The number of benzene rings is 1. The summed E-state index contributed by atoms with van der Waals surface area (Å²) in [6.07, 6.45) is 1.68. The van der Waals surface area contributed by atoms with Gasteiger partial charge in [-0.15, -0.1) is 11.3 Å². The van der Waals surface area contributed by atoms with E-state index in [9.17, 15) is 4.79 Å². The first-order chi connectivity index (χ1) is 10.2. The van der Waals surface area contributed by atoms with Crippen molar-refractivity contribution in [2.75, 3.05) is 19.1 Å². The van der Waals surface area contributed by atoms with Gasteiger partial charge in [-0.25, -0.2) is 9.78 Å². The molecule has 1 N–H and O–H groups in total. The molecule has 2 aromatic rings. The van der Waals surface area contributed by atoms with Crippen LogP contribution >= 0.6 is 11.3 Å². The molecular formula is C14H15N3O3S. The van der Waals surface area contributed by atoms with Gasteiger partial charge in [-0.1, -0.05) is 0 Å². The maximum Gasteiger partial charge on any atom is 0.343 e. The number of hydrogen-bond acceptors (Lipinski definition) is 7. The van der Waals surface area contributed by atoms with E-state index in [1.54, 1.807) is 18.3 Å². The Morgan fingerprint density at radius 2 is 2.19 bits per heavy atom. The molecule has 1 aromatic carbocycles. The van der Waals surface area contributed by atoms with E-state index >= 15 is 0 Å². The smallest absolute Gasteiger partial charge is 0.343 e. The summed E-state index contributed by atoms with van der Waals surface area (Å²) >= 11 is 1.50. The van der Waals surface area contributed by atoms with Crippen molar-refractivity contribution < 1.29 is 14.3 Å². The number of thiazole rings is 1. The van der Waals surface area contributed by atoms with Crippen LogP contribution in [0.25, 0.3) is 0 Å². The standard InChI is InChI=1S/C14H15N3O3S/c1-10-9-21-14(16-10)17-15-7-11-3-5-12(6-4-11)20-8-13(18)19-2/h3-7,9H,8H2,1-2H3,(H,16,17). The molecule has 6 nitrogen and oxygen atoms in total. The molecule has 0 saturated carbocycles. The van der Waals surface area contributed by atoms with Gasteiger partial charge < -0.3 is 9.47 Å². The van der Waals surface area contributed by atoms with Crippen molar-refractivity contribution in [1.29, 1.82) is 0 Å². The highest BCUT2D eigenvalue weighted by atomic mass is 32.1. The lowest BCUT2D eigenvalue weighted by atomic mass is 10.2. The van der Waals surface area contributed by atoms with Gasteiger partial charge in [0.05, 0.1) is 19.0 Å². The van der Waals surface area contributed by atoms with E-state index in [1.807, 2.05) is 24.4 Å². The number of hydrazone groups is 1. The van der Waals surface area contributed by atoms with Gasteiger partial charge in [-0.3, -0.25) is 5.43 Å². The summed E-state index contributed by atoms with van der Waals surface area (Å²) in [5.74, 6) is 0.185. The summed E-state index contributed by atoms with van der Waals surface area (Å²) in [7, 11) is 1.32. The van der Waals surface area contributed by atoms with E-state index in [4.69, 9.17) is 4.74 Å². The Bertz CT molecular complexity index is 623. The van der Waals surface area contributed by atoms with Gasteiger partial charge in [0.2, 0.25) is 5.13 Å². The quantitative estimate of drug-likeness (QED) is 0.504. The number of nitrogens with zero attached hydrogens (tertiary/aromatic N) is 2. The fourth-order valence-corrected chi connectivity index (χ4v) is 2.06. The Balaban J connectivity index is 1.85. The summed E-state index contributed by atoms with van der Waals surface area (Å²) in [5.41, 5.74) is 4.73. The number of aromatic nitrogens is 1. The van der Waals surface area contributed by atoms with E-state index in [0.29, 0.717) is 5.75 Å². The molecule has 0 radical (unpaired) electrons. The van der Waals surface area contributed by atoms with E-state index < -0.39 is 5.97 Å². The van der Waals surface area contributed by atoms with E-state index in [0.717, 1.165) is 16.4 Å². The molecule has 0 saturated heterocycles.